The number of fused-ring (bicyclic) bond motifs is 2. The van der Waals surface area contributed by atoms with Crippen molar-refractivity contribution in [1.82, 2.24) is 10.2 Å². The van der Waals surface area contributed by atoms with Gasteiger partial charge in [-0.25, -0.2) is 0 Å². The molecule has 2 aliphatic rings. The summed E-state index contributed by atoms with van der Waals surface area (Å²) in [7, 11) is 0. The maximum atomic E-state index is 12.8. The second-order valence-electron chi connectivity index (χ2n) is 6.92. The fourth-order valence-corrected chi connectivity index (χ4v) is 4.10. The molecule has 4 rings (SSSR count). The first-order chi connectivity index (χ1) is 11.8. The highest BCUT2D eigenvalue weighted by Gasteiger charge is 2.37. The molecule has 0 aliphatic carbocycles. The van der Waals surface area contributed by atoms with Gasteiger partial charge < -0.3 is 10.2 Å². The highest BCUT2D eigenvalue weighted by atomic mass is 35.5. The second-order valence-corrected chi connectivity index (χ2v) is 6.92. The van der Waals surface area contributed by atoms with Gasteiger partial charge in [-0.2, -0.15) is 0 Å². The van der Waals surface area contributed by atoms with Crippen LogP contribution in [-0.4, -0.2) is 36.0 Å². The van der Waals surface area contributed by atoms with E-state index in [1.807, 2.05) is 6.07 Å². The first-order valence-corrected chi connectivity index (χ1v) is 8.97. The average molecular weight is 357 g/mol. The van der Waals surface area contributed by atoms with Crippen LogP contribution >= 0.6 is 12.4 Å². The summed E-state index contributed by atoms with van der Waals surface area (Å²) in [6.45, 7) is 1.99. The first-order valence-electron chi connectivity index (χ1n) is 8.97. The predicted octanol–water partition coefficient (Wildman–Crippen LogP) is 3.67. The number of amides is 1. The molecule has 0 spiro atoms. The normalized spacial score (nSPS) is 22.2. The van der Waals surface area contributed by atoms with Gasteiger partial charge in [-0.3, -0.25) is 4.79 Å². The third-order valence-electron chi connectivity index (χ3n) is 5.36. The minimum Gasteiger partial charge on any atom is -0.335 e. The lowest BCUT2D eigenvalue weighted by Gasteiger charge is -2.28. The molecule has 1 amide bonds. The minimum atomic E-state index is 0. The summed E-state index contributed by atoms with van der Waals surface area (Å²) in [5.74, 6) is 0.290. The van der Waals surface area contributed by atoms with Crippen molar-refractivity contribution in [2.75, 3.05) is 13.1 Å². The summed E-state index contributed by atoms with van der Waals surface area (Å²) >= 11 is 0. The number of hydrogen-bond acceptors (Lipinski definition) is 2. The maximum Gasteiger partial charge on any atom is 0.227 e. The fraction of sp³-hybridized carbons (Fsp3) is 0.381. The Morgan fingerprint density at radius 2 is 1.60 bits per heavy atom. The summed E-state index contributed by atoms with van der Waals surface area (Å²) in [6.07, 6.45) is 3.93. The smallest absolute Gasteiger partial charge is 0.227 e. The first kappa shape index (κ1) is 18.0. The van der Waals surface area contributed by atoms with Crippen molar-refractivity contribution in [2.45, 2.75) is 37.8 Å². The molecule has 2 saturated heterocycles. The van der Waals surface area contributed by atoms with Crippen molar-refractivity contribution in [1.29, 1.82) is 0 Å². The van der Waals surface area contributed by atoms with E-state index in [-0.39, 0.29) is 12.4 Å². The second kappa shape index (κ2) is 8.03. The molecule has 2 bridgehead atoms. The van der Waals surface area contributed by atoms with Gasteiger partial charge in [-0.1, -0.05) is 54.6 Å². The summed E-state index contributed by atoms with van der Waals surface area (Å²) in [4.78, 5) is 15.0. The van der Waals surface area contributed by atoms with Gasteiger partial charge in [0.15, 0.2) is 0 Å². The van der Waals surface area contributed by atoms with Crippen molar-refractivity contribution >= 4 is 18.3 Å². The summed E-state index contributed by atoms with van der Waals surface area (Å²) in [6, 6.07) is 19.6. The lowest BCUT2D eigenvalue weighted by molar-refractivity contribution is -0.133. The molecule has 2 aromatic rings. The number of hydrogen-bond donors (Lipinski definition) is 1. The molecule has 2 aromatic carbocycles. The minimum absolute atomic E-state index is 0. The molecule has 132 valence electrons. The molecule has 3 nitrogen and oxygen atoms in total. The van der Waals surface area contributed by atoms with E-state index in [0.29, 0.717) is 24.4 Å². The van der Waals surface area contributed by atoms with E-state index >= 15 is 0 Å². The third kappa shape index (κ3) is 3.88. The predicted molar refractivity (Wildman–Crippen MR) is 104 cm³/mol. The van der Waals surface area contributed by atoms with Gasteiger partial charge in [-0.05, 0) is 42.5 Å². The molecule has 2 unspecified atom stereocenters. The topological polar surface area (TPSA) is 32.3 Å². The Kier molecular flexibility index (Phi) is 5.77. The van der Waals surface area contributed by atoms with Gasteiger partial charge in [0.05, 0.1) is 6.42 Å². The number of rotatable bonds is 3. The molecule has 1 N–H and O–H groups in total. The molecule has 2 aliphatic heterocycles. The standard InChI is InChI=1S/C21H24N2O.ClH/c24-21(23-19-10-11-20(23)15-22-13-12-19)14-16-6-8-18(9-7-16)17-4-2-1-3-5-17;/h1-9,19-20,22H,10-15H2;1H. The molecular formula is C21H25ClN2O. The van der Waals surface area contributed by atoms with Crippen LogP contribution in [0.2, 0.25) is 0 Å². The summed E-state index contributed by atoms with van der Waals surface area (Å²) in [5, 5.41) is 3.46. The van der Waals surface area contributed by atoms with Crippen LogP contribution in [0.3, 0.4) is 0 Å². The van der Waals surface area contributed by atoms with Crippen LogP contribution in [0.1, 0.15) is 24.8 Å². The third-order valence-corrected chi connectivity index (χ3v) is 5.36. The molecule has 2 heterocycles. The van der Waals surface area contributed by atoms with Gasteiger partial charge in [0.2, 0.25) is 5.91 Å². The zero-order chi connectivity index (χ0) is 16.4. The number of nitrogens with one attached hydrogen (secondary N) is 1. The van der Waals surface area contributed by atoms with Crippen molar-refractivity contribution in [3.63, 3.8) is 0 Å². The van der Waals surface area contributed by atoms with Crippen LogP contribution in [0.25, 0.3) is 11.1 Å². The molecule has 2 fully saturated rings. The number of halogens is 1. The van der Waals surface area contributed by atoms with Crippen molar-refractivity contribution in [3.8, 4) is 11.1 Å². The monoisotopic (exact) mass is 356 g/mol. The largest absolute Gasteiger partial charge is 0.335 e. The van der Waals surface area contributed by atoms with Crippen molar-refractivity contribution in [2.24, 2.45) is 0 Å². The van der Waals surface area contributed by atoms with E-state index in [4.69, 9.17) is 0 Å². The number of carbonyl (C=O) groups excluding carboxylic acids is 1. The van der Waals surface area contributed by atoms with E-state index in [1.54, 1.807) is 0 Å². The quantitative estimate of drug-likeness (QED) is 0.910. The van der Waals surface area contributed by atoms with E-state index in [1.165, 1.54) is 17.5 Å². The lowest BCUT2D eigenvalue weighted by atomic mass is 10.0. The SMILES string of the molecule is Cl.O=C(Cc1ccc(-c2ccccc2)cc1)N1C2CCNCC1CC2. The Labute approximate surface area is 155 Å². The van der Waals surface area contributed by atoms with E-state index in [2.05, 4.69) is 58.7 Å². The van der Waals surface area contributed by atoms with Gasteiger partial charge in [0, 0.05) is 18.6 Å². The Morgan fingerprint density at radius 3 is 2.36 bits per heavy atom. The van der Waals surface area contributed by atoms with Gasteiger partial charge >= 0.3 is 0 Å². The fourth-order valence-electron chi connectivity index (χ4n) is 4.10. The van der Waals surface area contributed by atoms with Crippen LogP contribution in [0.15, 0.2) is 54.6 Å². The Bertz CT molecular complexity index is 688. The zero-order valence-corrected chi connectivity index (χ0v) is 15.2. The molecule has 25 heavy (non-hydrogen) atoms. The Hall–Kier alpha value is -1.84. The molecule has 0 aromatic heterocycles. The van der Waals surface area contributed by atoms with Gasteiger partial charge in [0.25, 0.3) is 0 Å². The van der Waals surface area contributed by atoms with Crippen LogP contribution in [0.4, 0.5) is 0 Å². The molecular weight excluding hydrogens is 332 g/mol. The number of carbonyl (C=O) groups is 1. The van der Waals surface area contributed by atoms with E-state index in [9.17, 15) is 4.79 Å². The van der Waals surface area contributed by atoms with Crippen LogP contribution in [-0.2, 0) is 11.2 Å². The number of benzene rings is 2. The maximum absolute atomic E-state index is 12.8. The van der Waals surface area contributed by atoms with Gasteiger partial charge in [-0.15, -0.1) is 12.4 Å². The highest BCUT2D eigenvalue weighted by molar-refractivity contribution is 5.85. The zero-order valence-electron chi connectivity index (χ0n) is 14.4. The van der Waals surface area contributed by atoms with Gasteiger partial charge in [0.1, 0.15) is 0 Å². The van der Waals surface area contributed by atoms with Crippen molar-refractivity contribution < 1.29 is 4.79 Å². The van der Waals surface area contributed by atoms with Crippen LogP contribution < -0.4 is 5.32 Å². The molecule has 0 radical (unpaired) electrons. The van der Waals surface area contributed by atoms with E-state index in [0.717, 1.165) is 31.5 Å². The Balaban J connectivity index is 0.00000182. The average Bonchev–Trinajstić information content (AvgIpc) is 2.89. The molecule has 4 heteroatoms. The van der Waals surface area contributed by atoms with Crippen LogP contribution in [0, 0.1) is 0 Å². The highest BCUT2D eigenvalue weighted by Crippen LogP contribution is 2.29. The van der Waals surface area contributed by atoms with E-state index < -0.39 is 0 Å². The Morgan fingerprint density at radius 1 is 0.920 bits per heavy atom. The lowest BCUT2D eigenvalue weighted by Crippen LogP contribution is -2.43. The summed E-state index contributed by atoms with van der Waals surface area (Å²) in [5.41, 5.74) is 3.52. The molecule has 0 saturated carbocycles. The molecule has 2 atom stereocenters. The number of nitrogens with zero attached hydrogens (tertiary/aromatic N) is 1. The van der Waals surface area contributed by atoms with Crippen LogP contribution in [0.5, 0.6) is 0 Å². The summed E-state index contributed by atoms with van der Waals surface area (Å²) < 4.78 is 0. The van der Waals surface area contributed by atoms with Crippen molar-refractivity contribution in [3.05, 3.63) is 60.2 Å².